The molecule has 0 atom stereocenters. The zero-order chi connectivity index (χ0) is 11.3. The molecule has 0 saturated heterocycles. The van der Waals surface area contributed by atoms with Gasteiger partial charge in [-0.1, -0.05) is 11.6 Å². The maximum Gasteiger partial charge on any atom is 0.231 e. The Labute approximate surface area is 96.7 Å². The van der Waals surface area contributed by atoms with Crippen LogP contribution in [0.2, 0.25) is 5.02 Å². The standard InChI is InChI=1S/C11H10ClFO3/c12-7-3-8-10(16-5-15-8)6(9(7)13)4-11(14)1-2-11/h3,14H,1-2,4-5H2. The van der Waals surface area contributed by atoms with Crippen molar-refractivity contribution in [2.45, 2.75) is 24.9 Å². The first kappa shape index (κ1) is 10.2. The molecule has 1 aromatic carbocycles. The predicted octanol–water partition coefficient (Wildman–Crippen LogP) is 2.28. The van der Waals surface area contributed by atoms with Crippen molar-refractivity contribution in [2.24, 2.45) is 0 Å². The van der Waals surface area contributed by atoms with E-state index in [1.807, 2.05) is 0 Å². The van der Waals surface area contributed by atoms with Crippen LogP contribution in [0.4, 0.5) is 4.39 Å². The van der Waals surface area contributed by atoms with Crippen molar-refractivity contribution >= 4 is 11.6 Å². The Morgan fingerprint density at radius 1 is 1.44 bits per heavy atom. The molecule has 1 heterocycles. The fourth-order valence-corrected chi connectivity index (χ4v) is 2.08. The van der Waals surface area contributed by atoms with Gasteiger partial charge in [-0.05, 0) is 12.8 Å². The molecule has 1 aliphatic carbocycles. The van der Waals surface area contributed by atoms with Gasteiger partial charge in [-0.25, -0.2) is 4.39 Å². The molecular weight excluding hydrogens is 235 g/mol. The zero-order valence-corrected chi connectivity index (χ0v) is 9.18. The van der Waals surface area contributed by atoms with Crippen LogP contribution in [0.3, 0.4) is 0 Å². The summed E-state index contributed by atoms with van der Waals surface area (Å²) in [6.07, 6.45) is 1.61. The van der Waals surface area contributed by atoms with E-state index in [1.165, 1.54) is 6.07 Å². The van der Waals surface area contributed by atoms with Gasteiger partial charge in [0.1, 0.15) is 5.82 Å². The first-order chi connectivity index (χ1) is 7.59. The quantitative estimate of drug-likeness (QED) is 0.868. The second-order valence-corrected chi connectivity index (χ2v) is 4.69. The van der Waals surface area contributed by atoms with Gasteiger partial charge < -0.3 is 14.6 Å². The molecule has 0 bridgehead atoms. The number of ether oxygens (including phenoxy) is 2. The molecule has 0 aromatic heterocycles. The van der Waals surface area contributed by atoms with Crippen LogP contribution in [0.25, 0.3) is 0 Å². The molecule has 0 spiro atoms. The Morgan fingerprint density at radius 3 is 2.88 bits per heavy atom. The third kappa shape index (κ3) is 1.53. The summed E-state index contributed by atoms with van der Waals surface area (Å²) in [5, 5.41) is 9.83. The second kappa shape index (κ2) is 3.25. The van der Waals surface area contributed by atoms with Crippen LogP contribution >= 0.6 is 11.6 Å². The third-order valence-corrected chi connectivity index (χ3v) is 3.26. The van der Waals surface area contributed by atoms with Gasteiger partial charge in [-0.2, -0.15) is 0 Å². The van der Waals surface area contributed by atoms with E-state index in [2.05, 4.69) is 0 Å². The van der Waals surface area contributed by atoms with Crippen molar-refractivity contribution in [1.29, 1.82) is 0 Å². The van der Waals surface area contributed by atoms with Gasteiger partial charge in [0.15, 0.2) is 11.5 Å². The van der Waals surface area contributed by atoms with Gasteiger partial charge in [0.2, 0.25) is 6.79 Å². The summed E-state index contributed by atoms with van der Waals surface area (Å²) in [6.45, 7) is 0.0700. The van der Waals surface area contributed by atoms with Crippen molar-refractivity contribution in [2.75, 3.05) is 6.79 Å². The van der Waals surface area contributed by atoms with Crippen molar-refractivity contribution in [3.63, 3.8) is 0 Å². The minimum atomic E-state index is -0.786. The molecule has 2 aliphatic rings. The number of hydrogen-bond donors (Lipinski definition) is 1. The van der Waals surface area contributed by atoms with Gasteiger partial charge >= 0.3 is 0 Å². The van der Waals surface area contributed by atoms with Crippen molar-refractivity contribution in [3.8, 4) is 11.5 Å². The van der Waals surface area contributed by atoms with Crippen LogP contribution in [-0.2, 0) is 6.42 Å². The molecule has 1 fully saturated rings. The van der Waals surface area contributed by atoms with Gasteiger partial charge in [-0.3, -0.25) is 0 Å². The Kier molecular flexibility index (Phi) is 2.06. The average Bonchev–Trinajstić information content (AvgIpc) is 2.77. The molecule has 16 heavy (non-hydrogen) atoms. The molecule has 3 rings (SSSR count). The fraction of sp³-hybridized carbons (Fsp3) is 0.455. The minimum Gasteiger partial charge on any atom is -0.454 e. The summed E-state index contributed by atoms with van der Waals surface area (Å²) in [5.41, 5.74) is -0.467. The molecule has 1 N–H and O–H groups in total. The monoisotopic (exact) mass is 244 g/mol. The summed E-state index contributed by atoms with van der Waals surface area (Å²) >= 11 is 5.75. The smallest absolute Gasteiger partial charge is 0.231 e. The lowest BCUT2D eigenvalue weighted by Crippen LogP contribution is -2.13. The van der Waals surface area contributed by atoms with Gasteiger partial charge in [0.05, 0.1) is 10.6 Å². The number of rotatable bonds is 2. The molecule has 5 heteroatoms. The van der Waals surface area contributed by atoms with Crippen molar-refractivity contribution < 1.29 is 19.0 Å². The normalized spacial score (nSPS) is 19.9. The van der Waals surface area contributed by atoms with Crippen LogP contribution in [0.5, 0.6) is 11.5 Å². The van der Waals surface area contributed by atoms with E-state index in [1.54, 1.807) is 0 Å². The Hall–Kier alpha value is -1.00. The van der Waals surface area contributed by atoms with E-state index in [4.69, 9.17) is 21.1 Å². The highest BCUT2D eigenvalue weighted by Gasteiger charge is 2.42. The summed E-state index contributed by atoms with van der Waals surface area (Å²) in [7, 11) is 0. The number of hydrogen-bond acceptors (Lipinski definition) is 3. The molecule has 0 unspecified atom stereocenters. The fourth-order valence-electron chi connectivity index (χ4n) is 1.86. The van der Waals surface area contributed by atoms with E-state index in [0.717, 1.165) is 0 Å². The van der Waals surface area contributed by atoms with Crippen molar-refractivity contribution in [3.05, 3.63) is 22.5 Å². The first-order valence-corrected chi connectivity index (χ1v) is 5.46. The molecule has 0 amide bonds. The Morgan fingerprint density at radius 2 is 2.19 bits per heavy atom. The van der Waals surface area contributed by atoms with Gasteiger partial charge in [-0.15, -0.1) is 0 Å². The zero-order valence-electron chi connectivity index (χ0n) is 8.43. The van der Waals surface area contributed by atoms with Crippen LogP contribution in [-0.4, -0.2) is 17.5 Å². The van der Waals surface area contributed by atoms with Crippen LogP contribution in [0, 0.1) is 5.82 Å². The molecule has 3 nitrogen and oxygen atoms in total. The summed E-state index contributed by atoms with van der Waals surface area (Å²) in [4.78, 5) is 0. The van der Waals surface area contributed by atoms with Gasteiger partial charge in [0.25, 0.3) is 0 Å². The summed E-state index contributed by atoms with van der Waals surface area (Å²) in [5.74, 6) is 0.305. The van der Waals surface area contributed by atoms with Gasteiger partial charge in [0, 0.05) is 18.1 Å². The van der Waals surface area contributed by atoms with Crippen LogP contribution in [0.15, 0.2) is 6.07 Å². The maximum atomic E-state index is 13.8. The summed E-state index contributed by atoms with van der Waals surface area (Å²) < 4.78 is 24.2. The number of benzene rings is 1. The SMILES string of the molecule is OC1(Cc2c(F)c(Cl)cc3c2OCO3)CC1. The minimum absolute atomic E-state index is 0.00324. The highest BCUT2D eigenvalue weighted by Crippen LogP contribution is 2.46. The highest BCUT2D eigenvalue weighted by molar-refractivity contribution is 6.31. The lowest BCUT2D eigenvalue weighted by molar-refractivity contribution is 0.145. The van der Waals surface area contributed by atoms with E-state index < -0.39 is 11.4 Å². The van der Waals surface area contributed by atoms with Crippen molar-refractivity contribution in [1.82, 2.24) is 0 Å². The van der Waals surface area contributed by atoms with Crippen LogP contribution in [0.1, 0.15) is 18.4 Å². The lowest BCUT2D eigenvalue weighted by Gasteiger charge is -2.12. The highest BCUT2D eigenvalue weighted by atomic mass is 35.5. The first-order valence-electron chi connectivity index (χ1n) is 5.08. The molecule has 86 valence electrons. The van der Waals surface area contributed by atoms with E-state index in [0.29, 0.717) is 29.9 Å². The number of fused-ring (bicyclic) bond motifs is 1. The molecule has 1 aliphatic heterocycles. The van der Waals surface area contributed by atoms with E-state index in [-0.39, 0.29) is 18.2 Å². The lowest BCUT2D eigenvalue weighted by atomic mass is 10.0. The van der Waals surface area contributed by atoms with E-state index >= 15 is 0 Å². The topological polar surface area (TPSA) is 38.7 Å². The predicted molar refractivity (Wildman–Crippen MR) is 55.4 cm³/mol. The maximum absolute atomic E-state index is 13.8. The largest absolute Gasteiger partial charge is 0.454 e. The Bertz CT molecular complexity index is 457. The van der Waals surface area contributed by atoms with E-state index in [9.17, 15) is 9.50 Å². The Balaban J connectivity index is 2.07. The molecule has 1 aromatic rings. The average molecular weight is 245 g/mol. The third-order valence-electron chi connectivity index (χ3n) is 2.98. The molecular formula is C11H10ClFO3. The van der Waals surface area contributed by atoms with Crippen LogP contribution < -0.4 is 9.47 Å². The molecule has 0 radical (unpaired) electrons. The molecule has 1 saturated carbocycles. The number of halogens is 2. The number of aliphatic hydroxyl groups is 1. The summed E-state index contributed by atoms with van der Waals surface area (Å²) in [6, 6.07) is 1.40. The second-order valence-electron chi connectivity index (χ2n) is 4.29.